The molecular weight excluding hydrogens is 366 g/mol. The van der Waals surface area contributed by atoms with E-state index in [0.717, 1.165) is 11.1 Å². The van der Waals surface area contributed by atoms with Crippen LogP contribution in [-0.2, 0) is 4.79 Å². The van der Waals surface area contributed by atoms with Crippen molar-refractivity contribution in [1.29, 1.82) is 5.26 Å². The van der Waals surface area contributed by atoms with Crippen LogP contribution < -0.4 is 10.6 Å². The van der Waals surface area contributed by atoms with Crippen molar-refractivity contribution < 1.29 is 14.4 Å². The van der Waals surface area contributed by atoms with Gasteiger partial charge in [-0.3, -0.25) is 14.4 Å². The van der Waals surface area contributed by atoms with Crippen LogP contribution in [0.25, 0.3) is 11.1 Å². The summed E-state index contributed by atoms with van der Waals surface area (Å²) in [6.07, 6.45) is 0.462. The minimum atomic E-state index is -0.722. The molecule has 0 heterocycles. The quantitative estimate of drug-likeness (QED) is 0.532. The van der Waals surface area contributed by atoms with Crippen molar-refractivity contribution >= 4 is 17.6 Å². The summed E-state index contributed by atoms with van der Waals surface area (Å²) in [5.41, 5.74) is 2.65. The average molecular weight is 391 g/mol. The molecule has 2 aromatic carbocycles. The van der Waals surface area contributed by atoms with Crippen LogP contribution in [0.1, 0.15) is 47.9 Å². The standard InChI is InChI=1S/C23H25N3O3/c1-15(2)12-21(23(29)25-11-10-24)26-22(28)20-9-5-8-19(14-20)18-7-4-6-17(13-18)16(3)27/h4-9,13-15,21H,11-12H2,1-3H3,(H,25,29)(H,26,28)/t21-/m0/s1. The van der Waals surface area contributed by atoms with E-state index in [0.29, 0.717) is 17.5 Å². The van der Waals surface area contributed by atoms with Gasteiger partial charge in [0.2, 0.25) is 5.91 Å². The first-order chi connectivity index (χ1) is 13.8. The predicted octanol–water partition coefficient (Wildman–Crippen LogP) is 3.34. The first-order valence-corrected chi connectivity index (χ1v) is 9.48. The first-order valence-electron chi connectivity index (χ1n) is 9.48. The molecule has 2 aromatic rings. The second kappa shape index (κ2) is 10.2. The van der Waals surface area contributed by atoms with Gasteiger partial charge in [0.05, 0.1) is 6.07 Å². The van der Waals surface area contributed by atoms with Crippen molar-refractivity contribution in [2.75, 3.05) is 6.54 Å². The first kappa shape index (κ1) is 21.8. The lowest BCUT2D eigenvalue weighted by Gasteiger charge is -2.19. The third-order valence-electron chi connectivity index (χ3n) is 4.40. The van der Waals surface area contributed by atoms with E-state index in [2.05, 4.69) is 10.6 Å². The van der Waals surface area contributed by atoms with E-state index in [1.54, 1.807) is 36.4 Å². The van der Waals surface area contributed by atoms with Crippen LogP contribution in [0.2, 0.25) is 0 Å². The highest BCUT2D eigenvalue weighted by Crippen LogP contribution is 2.22. The highest BCUT2D eigenvalue weighted by Gasteiger charge is 2.22. The number of nitrogens with one attached hydrogen (secondary N) is 2. The minimum absolute atomic E-state index is 0.0272. The number of hydrogen-bond donors (Lipinski definition) is 2. The largest absolute Gasteiger partial charge is 0.341 e. The molecule has 2 N–H and O–H groups in total. The monoisotopic (exact) mass is 391 g/mol. The smallest absolute Gasteiger partial charge is 0.251 e. The summed E-state index contributed by atoms with van der Waals surface area (Å²) in [5.74, 6) is -0.583. The molecule has 0 aliphatic carbocycles. The SMILES string of the molecule is CC(=O)c1cccc(-c2cccc(C(=O)N[C@@H](CC(C)C)C(=O)NCC#N)c2)c1. The maximum absolute atomic E-state index is 12.8. The second-order valence-electron chi connectivity index (χ2n) is 7.25. The van der Waals surface area contributed by atoms with Crippen LogP contribution in [0, 0.1) is 17.2 Å². The topological polar surface area (TPSA) is 99.1 Å². The van der Waals surface area contributed by atoms with Crippen molar-refractivity contribution in [3.05, 3.63) is 59.7 Å². The van der Waals surface area contributed by atoms with Gasteiger partial charge in [-0.1, -0.05) is 44.2 Å². The Morgan fingerprint density at radius 3 is 2.14 bits per heavy atom. The van der Waals surface area contributed by atoms with Gasteiger partial charge in [0.25, 0.3) is 5.91 Å². The zero-order valence-corrected chi connectivity index (χ0v) is 16.9. The second-order valence-corrected chi connectivity index (χ2v) is 7.25. The molecule has 0 aliphatic rings. The predicted molar refractivity (Wildman–Crippen MR) is 111 cm³/mol. The molecule has 2 amide bonds. The molecule has 0 saturated carbocycles. The summed E-state index contributed by atoms with van der Waals surface area (Å²) in [5, 5.41) is 13.9. The molecule has 0 radical (unpaired) electrons. The van der Waals surface area contributed by atoms with Gasteiger partial charge in [0.1, 0.15) is 12.6 Å². The van der Waals surface area contributed by atoms with Gasteiger partial charge in [0.15, 0.2) is 5.78 Å². The number of nitriles is 1. The van der Waals surface area contributed by atoms with E-state index < -0.39 is 6.04 Å². The van der Waals surface area contributed by atoms with Crippen molar-refractivity contribution in [2.24, 2.45) is 5.92 Å². The fourth-order valence-electron chi connectivity index (χ4n) is 2.95. The summed E-state index contributed by atoms with van der Waals surface area (Å²) < 4.78 is 0. The van der Waals surface area contributed by atoms with E-state index >= 15 is 0 Å². The van der Waals surface area contributed by atoms with Gasteiger partial charge in [-0.05, 0) is 48.6 Å². The number of carbonyl (C=O) groups excluding carboxylic acids is 3. The lowest BCUT2D eigenvalue weighted by molar-refractivity contribution is -0.123. The Hall–Kier alpha value is -3.46. The molecule has 29 heavy (non-hydrogen) atoms. The van der Waals surface area contributed by atoms with Crippen molar-refractivity contribution in [1.82, 2.24) is 10.6 Å². The number of ketones is 1. The van der Waals surface area contributed by atoms with Gasteiger partial charge >= 0.3 is 0 Å². The normalized spacial score (nSPS) is 11.4. The molecule has 6 heteroatoms. The molecule has 1 atom stereocenters. The van der Waals surface area contributed by atoms with Gasteiger partial charge in [-0.15, -0.1) is 0 Å². The molecule has 2 rings (SSSR count). The maximum atomic E-state index is 12.8. The molecule has 6 nitrogen and oxygen atoms in total. The number of Topliss-reactive ketones (excluding diaryl/α,β-unsaturated/α-hetero) is 1. The fraction of sp³-hybridized carbons (Fsp3) is 0.304. The summed E-state index contributed by atoms with van der Waals surface area (Å²) in [6.45, 7) is 5.32. The summed E-state index contributed by atoms with van der Waals surface area (Å²) >= 11 is 0. The highest BCUT2D eigenvalue weighted by atomic mass is 16.2. The third-order valence-corrected chi connectivity index (χ3v) is 4.40. The van der Waals surface area contributed by atoms with Gasteiger partial charge in [-0.2, -0.15) is 5.26 Å². The Labute approximate surface area is 170 Å². The molecule has 0 spiro atoms. The Bertz CT molecular complexity index is 944. The Morgan fingerprint density at radius 1 is 1.00 bits per heavy atom. The number of carbonyl (C=O) groups is 3. The van der Waals surface area contributed by atoms with Crippen molar-refractivity contribution in [2.45, 2.75) is 33.2 Å². The number of amides is 2. The highest BCUT2D eigenvalue weighted by molar-refractivity contribution is 5.99. The van der Waals surface area contributed by atoms with E-state index in [4.69, 9.17) is 5.26 Å². The zero-order valence-electron chi connectivity index (χ0n) is 16.9. The van der Waals surface area contributed by atoms with Crippen LogP contribution in [0.4, 0.5) is 0 Å². The molecule has 0 bridgehead atoms. The van der Waals surface area contributed by atoms with Gasteiger partial charge in [-0.25, -0.2) is 0 Å². The Morgan fingerprint density at radius 2 is 1.59 bits per heavy atom. The molecule has 0 unspecified atom stereocenters. The van der Waals surface area contributed by atoms with Crippen molar-refractivity contribution in [3.63, 3.8) is 0 Å². The summed E-state index contributed by atoms with van der Waals surface area (Å²) in [6, 6.07) is 15.4. The Kier molecular flexibility index (Phi) is 7.67. The number of rotatable bonds is 8. The van der Waals surface area contributed by atoms with Crippen LogP contribution in [0.15, 0.2) is 48.5 Å². The maximum Gasteiger partial charge on any atom is 0.251 e. The zero-order chi connectivity index (χ0) is 21.4. The summed E-state index contributed by atoms with van der Waals surface area (Å²) in [7, 11) is 0. The van der Waals surface area contributed by atoms with Gasteiger partial charge < -0.3 is 10.6 Å². The van der Waals surface area contributed by atoms with Crippen LogP contribution >= 0.6 is 0 Å². The number of nitrogens with zero attached hydrogens (tertiary/aromatic N) is 1. The van der Waals surface area contributed by atoms with E-state index in [1.807, 2.05) is 32.0 Å². The minimum Gasteiger partial charge on any atom is -0.341 e. The fourth-order valence-corrected chi connectivity index (χ4v) is 2.95. The number of benzene rings is 2. The van der Waals surface area contributed by atoms with Gasteiger partial charge in [0, 0.05) is 11.1 Å². The van der Waals surface area contributed by atoms with E-state index in [9.17, 15) is 14.4 Å². The third kappa shape index (κ3) is 6.28. The van der Waals surface area contributed by atoms with E-state index in [-0.39, 0.29) is 30.1 Å². The van der Waals surface area contributed by atoms with Crippen molar-refractivity contribution in [3.8, 4) is 17.2 Å². The van der Waals surface area contributed by atoms with Crippen LogP contribution in [-0.4, -0.2) is 30.2 Å². The average Bonchev–Trinajstić information content (AvgIpc) is 2.71. The lowest BCUT2D eigenvalue weighted by atomic mass is 9.99. The molecule has 0 aliphatic heterocycles. The van der Waals surface area contributed by atoms with Crippen LogP contribution in [0.3, 0.4) is 0 Å². The van der Waals surface area contributed by atoms with E-state index in [1.165, 1.54) is 6.92 Å². The molecule has 0 fully saturated rings. The Balaban J connectivity index is 2.23. The molecule has 0 saturated heterocycles. The lowest BCUT2D eigenvalue weighted by Crippen LogP contribution is -2.47. The molecular formula is C23H25N3O3. The summed E-state index contributed by atoms with van der Waals surface area (Å²) in [4.78, 5) is 36.7. The molecule has 0 aromatic heterocycles. The van der Waals surface area contributed by atoms with Crippen LogP contribution in [0.5, 0.6) is 0 Å². The molecule has 150 valence electrons. The number of hydrogen-bond acceptors (Lipinski definition) is 4.